The van der Waals surface area contributed by atoms with Gasteiger partial charge < -0.3 is 4.57 Å². The summed E-state index contributed by atoms with van der Waals surface area (Å²) in [6.07, 6.45) is 3.43. The zero-order valence-corrected chi connectivity index (χ0v) is 18.3. The van der Waals surface area contributed by atoms with Crippen molar-refractivity contribution in [2.24, 2.45) is 7.05 Å². The minimum atomic E-state index is -3.65. The molecular formula is C20H24ClN5O2S. The van der Waals surface area contributed by atoms with Crippen molar-refractivity contribution in [2.75, 3.05) is 6.54 Å². The molecule has 154 valence electrons. The molecule has 0 N–H and O–H groups in total. The van der Waals surface area contributed by atoms with Crippen molar-refractivity contribution in [2.45, 2.75) is 44.7 Å². The molecule has 0 unspecified atom stereocenters. The highest BCUT2D eigenvalue weighted by molar-refractivity contribution is 7.89. The van der Waals surface area contributed by atoms with Crippen LogP contribution >= 0.6 is 11.6 Å². The highest BCUT2D eigenvalue weighted by Crippen LogP contribution is 2.32. The Balaban J connectivity index is 1.75. The molecule has 1 aromatic carbocycles. The molecule has 29 heavy (non-hydrogen) atoms. The van der Waals surface area contributed by atoms with Crippen LogP contribution in [0.4, 0.5) is 0 Å². The zero-order valence-electron chi connectivity index (χ0n) is 16.8. The van der Waals surface area contributed by atoms with Gasteiger partial charge in [-0.05, 0) is 31.5 Å². The highest BCUT2D eigenvalue weighted by atomic mass is 35.5. The molecule has 0 saturated carbocycles. The molecule has 2 aromatic heterocycles. The largest absolute Gasteiger partial charge is 0.327 e. The van der Waals surface area contributed by atoms with Crippen molar-refractivity contribution in [3.8, 4) is 11.5 Å². The third-order valence-electron chi connectivity index (χ3n) is 5.36. The van der Waals surface area contributed by atoms with Crippen molar-refractivity contribution in [3.05, 3.63) is 52.4 Å². The minimum absolute atomic E-state index is 0.210. The van der Waals surface area contributed by atoms with Crippen LogP contribution in [0.3, 0.4) is 0 Å². The van der Waals surface area contributed by atoms with Gasteiger partial charge in [-0.3, -0.25) is 4.68 Å². The number of sulfonamides is 1. The first-order chi connectivity index (χ1) is 13.8. The Hall–Kier alpha value is -2.16. The predicted molar refractivity (Wildman–Crippen MR) is 112 cm³/mol. The highest BCUT2D eigenvalue weighted by Gasteiger charge is 2.33. The van der Waals surface area contributed by atoms with Gasteiger partial charge in [0, 0.05) is 61.3 Å². The van der Waals surface area contributed by atoms with Gasteiger partial charge in [0.25, 0.3) is 0 Å². The normalized spacial score (nSPS) is 14.9. The summed E-state index contributed by atoms with van der Waals surface area (Å²) in [4.78, 5) is 4.80. The van der Waals surface area contributed by atoms with E-state index in [2.05, 4.69) is 16.5 Å². The zero-order chi connectivity index (χ0) is 20.8. The van der Waals surface area contributed by atoms with E-state index in [-0.39, 0.29) is 11.4 Å². The summed E-state index contributed by atoms with van der Waals surface area (Å²) in [6.45, 7) is 5.67. The Morgan fingerprint density at radius 2 is 2.07 bits per heavy atom. The summed E-state index contributed by atoms with van der Waals surface area (Å²) in [5.41, 5.74) is 3.81. The topological polar surface area (TPSA) is 73.0 Å². The van der Waals surface area contributed by atoms with E-state index in [4.69, 9.17) is 16.7 Å². The summed E-state index contributed by atoms with van der Waals surface area (Å²) in [5, 5.41) is 5.12. The molecule has 3 heterocycles. The Morgan fingerprint density at radius 3 is 2.79 bits per heavy atom. The van der Waals surface area contributed by atoms with E-state index in [1.54, 1.807) is 18.2 Å². The number of hydrogen-bond donors (Lipinski definition) is 0. The van der Waals surface area contributed by atoms with Gasteiger partial charge in [-0.15, -0.1) is 0 Å². The molecule has 0 fully saturated rings. The van der Waals surface area contributed by atoms with Crippen LogP contribution in [0.1, 0.15) is 30.3 Å². The molecule has 1 aliphatic heterocycles. The maximum absolute atomic E-state index is 13.2. The number of fused-ring (bicyclic) bond motifs is 1. The standard InChI is InChI=1S/C20H24ClN5O2S/c1-4-9-26-14(2)12-22-20(26)19-17-13-25(10-8-18(17)24(3)23-19)29(27,28)16-7-5-6-15(21)11-16/h5-7,11-12H,4,8-10,13H2,1-3H3. The fraction of sp³-hybridized carbons (Fsp3) is 0.400. The summed E-state index contributed by atoms with van der Waals surface area (Å²) in [6, 6.07) is 6.40. The Labute approximate surface area is 176 Å². The quantitative estimate of drug-likeness (QED) is 0.618. The molecule has 9 heteroatoms. The van der Waals surface area contributed by atoms with E-state index in [0.717, 1.165) is 41.4 Å². The molecular weight excluding hydrogens is 410 g/mol. The predicted octanol–water partition coefficient (Wildman–Crippen LogP) is 3.40. The van der Waals surface area contributed by atoms with E-state index >= 15 is 0 Å². The number of aryl methyl sites for hydroxylation is 2. The van der Waals surface area contributed by atoms with Gasteiger partial charge in [0.05, 0.1) is 4.90 Å². The number of nitrogens with zero attached hydrogens (tertiary/aromatic N) is 5. The van der Waals surface area contributed by atoms with Gasteiger partial charge >= 0.3 is 0 Å². The van der Waals surface area contributed by atoms with Gasteiger partial charge in [-0.1, -0.05) is 24.6 Å². The van der Waals surface area contributed by atoms with Crippen LogP contribution in [0.5, 0.6) is 0 Å². The van der Waals surface area contributed by atoms with Crippen molar-refractivity contribution in [1.82, 2.24) is 23.6 Å². The molecule has 0 bridgehead atoms. The van der Waals surface area contributed by atoms with Crippen molar-refractivity contribution in [3.63, 3.8) is 0 Å². The molecule has 7 nitrogen and oxygen atoms in total. The van der Waals surface area contributed by atoms with E-state index in [1.165, 1.54) is 10.4 Å². The lowest BCUT2D eigenvalue weighted by molar-refractivity contribution is 0.386. The minimum Gasteiger partial charge on any atom is -0.327 e. The number of benzene rings is 1. The van der Waals surface area contributed by atoms with Crippen LogP contribution in [0, 0.1) is 6.92 Å². The maximum Gasteiger partial charge on any atom is 0.243 e. The second-order valence-corrected chi connectivity index (χ2v) is 9.69. The first kappa shape index (κ1) is 20.1. The number of halogens is 1. The van der Waals surface area contributed by atoms with Crippen molar-refractivity contribution in [1.29, 1.82) is 0 Å². The Bertz CT molecular complexity index is 1170. The number of rotatable bonds is 5. The van der Waals surface area contributed by atoms with Crippen molar-refractivity contribution >= 4 is 21.6 Å². The van der Waals surface area contributed by atoms with Crippen LogP contribution in [-0.4, -0.2) is 38.6 Å². The van der Waals surface area contributed by atoms with Gasteiger partial charge in [0.2, 0.25) is 10.0 Å². The molecule has 0 saturated heterocycles. The molecule has 0 spiro atoms. The van der Waals surface area contributed by atoms with E-state index in [9.17, 15) is 8.42 Å². The number of aromatic nitrogens is 4. The lowest BCUT2D eigenvalue weighted by atomic mass is 10.1. The van der Waals surface area contributed by atoms with Gasteiger partial charge in [0.1, 0.15) is 5.69 Å². The molecule has 0 radical (unpaired) electrons. The van der Waals surface area contributed by atoms with Crippen LogP contribution in [-0.2, 0) is 36.6 Å². The molecule has 3 aromatic rings. The summed E-state index contributed by atoms with van der Waals surface area (Å²) in [7, 11) is -1.74. The average molecular weight is 434 g/mol. The second-order valence-electron chi connectivity index (χ2n) is 7.32. The third kappa shape index (κ3) is 3.49. The van der Waals surface area contributed by atoms with Crippen molar-refractivity contribution < 1.29 is 8.42 Å². The van der Waals surface area contributed by atoms with E-state index < -0.39 is 10.0 Å². The van der Waals surface area contributed by atoms with Gasteiger partial charge in [0.15, 0.2) is 5.82 Å². The van der Waals surface area contributed by atoms with Crippen LogP contribution in [0.2, 0.25) is 5.02 Å². The van der Waals surface area contributed by atoms with Crippen LogP contribution < -0.4 is 0 Å². The second kappa shape index (κ2) is 7.59. The van der Waals surface area contributed by atoms with E-state index in [0.29, 0.717) is 18.0 Å². The average Bonchev–Trinajstić information content (AvgIpc) is 3.22. The number of imidazole rings is 1. The molecule has 0 aliphatic carbocycles. The Kier molecular flexibility index (Phi) is 5.27. The lowest BCUT2D eigenvalue weighted by Gasteiger charge is -2.27. The molecule has 0 atom stereocenters. The third-order valence-corrected chi connectivity index (χ3v) is 7.43. The maximum atomic E-state index is 13.2. The molecule has 1 aliphatic rings. The summed E-state index contributed by atoms with van der Waals surface area (Å²) >= 11 is 6.02. The molecule has 0 amide bonds. The first-order valence-corrected chi connectivity index (χ1v) is 11.5. The monoisotopic (exact) mass is 433 g/mol. The van der Waals surface area contributed by atoms with E-state index in [1.807, 2.05) is 24.9 Å². The van der Waals surface area contributed by atoms with Gasteiger partial charge in [-0.2, -0.15) is 9.40 Å². The van der Waals surface area contributed by atoms with Crippen LogP contribution in [0.25, 0.3) is 11.5 Å². The smallest absolute Gasteiger partial charge is 0.243 e. The fourth-order valence-corrected chi connectivity index (χ4v) is 5.59. The van der Waals surface area contributed by atoms with Gasteiger partial charge in [-0.25, -0.2) is 13.4 Å². The number of hydrogen-bond acceptors (Lipinski definition) is 4. The Morgan fingerprint density at radius 1 is 1.28 bits per heavy atom. The lowest BCUT2D eigenvalue weighted by Crippen LogP contribution is -2.36. The van der Waals surface area contributed by atoms with Crippen LogP contribution in [0.15, 0.2) is 35.4 Å². The first-order valence-electron chi connectivity index (χ1n) is 9.66. The molecule has 4 rings (SSSR count). The SMILES string of the molecule is CCCn1c(C)cnc1-c1nn(C)c2c1CN(S(=O)(=O)c1cccc(Cl)c1)CC2. The summed E-state index contributed by atoms with van der Waals surface area (Å²) < 4.78 is 31.9. The fourth-order valence-electron chi connectivity index (χ4n) is 3.88. The summed E-state index contributed by atoms with van der Waals surface area (Å²) in [5.74, 6) is 0.795.